The lowest BCUT2D eigenvalue weighted by Crippen LogP contribution is -2.44. The fourth-order valence-electron chi connectivity index (χ4n) is 2.17. The molecule has 0 aliphatic heterocycles. The molecule has 8 heteroatoms. The largest absolute Gasteiger partial charge is 0.473 e. The van der Waals surface area contributed by atoms with Gasteiger partial charge in [-0.3, -0.25) is 0 Å². The van der Waals surface area contributed by atoms with Crippen molar-refractivity contribution in [2.75, 3.05) is 13.2 Å². The highest BCUT2D eigenvalue weighted by molar-refractivity contribution is 9.10. The van der Waals surface area contributed by atoms with E-state index in [2.05, 4.69) is 26.2 Å². The molecule has 1 aromatic heterocycles. The van der Waals surface area contributed by atoms with Gasteiger partial charge in [0.15, 0.2) is 6.10 Å². The van der Waals surface area contributed by atoms with E-state index >= 15 is 0 Å². The highest BCUT2D eigenvalue weighted by Gasteiger charge is 2.21. The Balaban J connectivity index is 1.94. The molecule has 28 heavy (non-hydrogen) atoms. The van der Waals surface area contributed by atoms with E-state index in [-0.39, 0.29) is 13.2 Å². The second-order valence-corrected chi connectivity index (χ2v) is 8.45. The summed E-state index contributed by atoms with van der Waals surface area (Å²) in [5.74, 6) is 0.359. The first-order chi connectivity index (χ1) is 13.2. The van der Waals surface area contributed by atoms with Crippen LogP contribution in [0.5, 0.6) is 5.88 Å². The smallest absolute Gasteiger partial charge is 0.408 e. The molecule has 0 aliphatic carbocycles. The molecule has 1 amide bonds. The minimum Gasteiger partial charge on any atom is -0.473 e. The Kier molecular flexibility index (Phi) is 8.54. The van der Waals surface area contributed by atoms with Gasteiger partial charge < -0.3 is 19.5 Å². The van der Waals surface area contributed by atoms with Gasteiger partial charge in [0.25, 0.3) is 0 Å². The zero-order valence-corrected chi connectivity index (χ0v) is 18.4. The summed E-state index contributed by atoms with van der Waals surface area (Å²) in [6.07, 6.45) is 0.332. The molecule has 0 radical (unpaired) electrons. The van der Waals surface area contributed by atoms with Crippen LogP contribution in [0.2, 0.25) is 5.02 Å². The highest BCUT2D eigenvalue weighted by Crippen LogP contribution is 2.25. The second-order valence-electron chi connectivity index (χ2n) is 7.15. The molecule has 0 unspecified atom stereocenters. The van der Waals surface area contributed by atoms with Crippen molar-refractivity contribution in [1.82, 2.24) is 10.3 Å². The molecule has 0 spiro atoms. The lowest BCUT2D eigenvalue weighted by Gasteiger charge is -2.24. The van der Waals surface area contributed by atoms with Crippen molar-refractivity contribution in [2.24, 2.45) is 0 Å². The molecular formula is C20H24BrClN2O4. The van der Waals surface area contributed by atoms with Crippen LogP contribution in [0, 0.1) is 0 Å². The van der Waals surface area contributed by atoms with E-state index in [0.29, 0.717) is 22.0 Å². The van der Waals surface area contributed by atoms with Crippen molar-refractivity contribution >= 4 is 33.6 Å². The van der Waals surface area contributed by atoms with E-state index in [1.807, 2.05) is 51.1 Å². The minimum absolute atomic E-state index is 0.0829. The van der Waals surface area contributed by atoms with Gasteiger partial charge in [-0.15, -0.1) is 0 Å². The number of benzene rings is 1. The maximum Gasteiger partial charge on any atom is 0.408 e. The van der Waals surface area contributed by atoms with Gasteiger partial charge in [-0.05, 0) is 48.3 Å². The van der Waals surface area contributed by atoms with Crippen molar-refractivity contribution in [1.29, 1.82) is 0 Å². The van der Waals surface area contributed by atoms with E-state index in [0.717, 1.165) is 5.56 Å². The van der Waals surface area contributed by atoms with Gasteiger partial charge in [0.2, 0.25) is 5.88 Å². The van der Waals surface area contributed by atoms with Crippen molar-refractivity contribution in [2.45, 2.75) is 39.0 Å². The number of halogens is 2. The second kappa shape index (κ2) is 10.6. The third kappa shape index (κ3) is 8.46. The fraction of sp³-hybridized carbons (Fsp3) is 0.400. The SMILES string of the molecule is CC(C)(C)NC(=O)O[C@@H](COCc1ccccc1)COc1ncc(Cl)cc1Br. The van der Waals surface area contributed by atoms with Crippen molar-refractivity contribution in [3.8, 4) is 5.88 Å². The molecule has 0 aliphatic rings. The molecule has 0 fully saturated rings. The number of hydrogen-bond donors (Lipinski definition) is 1. The molecule has 0 bridgehead atoms. The molecule has 1 aromatic carbocycles. The topological polar surface area (TPSA) is 69.7 Å². The van der Waals surface area contributed by atoms with Crippen LogP contribution in [-0.2, 0) is 16.1 Å². The Bertz CT molecular complexity index is 769. The van der Waals surface area contributed by atoms with Crippen LogP contribution >= 0.6 is 27.5 Å². The number of carbonyl (C=O) groups is 1. The maximum absolute atomic E-state index is 12.1. The Morgan fingerprint density at radius 3 is 2.61 bits per heavy atom. The van der Waals surface area contributed by atoms with E-state index < -0.39 is 17.7 Å². The van der Waals surface area contributed by atoms with Crippen LogP contribution in [0.25, 0.3) is 0 Å². The number of rotatable bonds is 8. The number of pyridine rings is 1. The van der Waals surface area contributed by atoms with Crippen LogP contribution in [0.15, 0.2) is 47.1 Å². The van der Waals surface area contributed by atoms with Gasteiger partial charge in [-0.2, -0.15) is 0 Å². The standard InChI is InChI=1S/C20H24BrClN2O4/c1-20(2,3)24-19(25)28-16(12-26-11-14-7-5-4-6-8-14)13-27-18-17(21)9-15(22)10-23-18/h4-10,16H,11-13H2,1-3H3,(H,24,25)/t16-/m0/s1. The van der Waals surface area contributed by atoms with Gasteiger partial charge >= 0.3 is 6.09 Å². The van der Waals surface area contributed by atoms with Gasteiger partial charge in [-0.25, -0.2) is 9.78 Å². The molecule has 1 heterocycles. The average Bonchev–Trinajstić information content (AvgIpc) is 2.60. The summed E-state index contributed by atoms with van der Waals surface area (Å²) in [6.45, 7) is 6.29. The van der Waals surface area contributed by atoms with Crippen molar-refractivity contribution < 1.29 is 19.0 Å². The highest BCUT2D eigenvalue weighted by atomic mass is 79.9. The molecular weight excluding hydrogens is 448 g/mol. The Labute approximate surface area is 178 Å². The number of hydrogen-bond acceptors (Lipinski definition) is 5. The third-order valence-electron chi connectivity index (χ3n) is 3.35. The van der Waals surface area contributed by atoms with Crippen LogP contribution < -0.4 is 10.1 Å². The van der Waals surface area contributed by atoms with Gasteiger partial charge in [-0.1, -0.05) is 41.9 Å². The first-order valence-electron chi connectivity index (χ1n) is 8.77. The van der Waals surface area contributed by atoms with E-state index in [1.54, 1.807) is 6.07 Å². The molecule has 6 nitrogen and oxygen atoms in total. The molecule has 0 saturated carbocycles. The van der Waals surface area contributed by atoms with Crippen molar-refractivity contribution in [3.05, 3.63) is 57.7 Å². The number of ether oxygens (including phenoxy) is 3. The van der Waals surface area contributed by atoms with Gasteiger partial charge in [0, 0.05) is 11.7 Å². The zero-order valence-electron chi connectivity index (χ0n) is 16.1. The van der Waals surface area contributed by atoms with Crippen LogP contribution in [-0.4, -0.2) is 35.9 Å². The Morgan fingerprint density at radius 2 is 1.96 bits per heavy atom. The molecule has 2 rings (SSSR count). The number of nitrogens with zero attached hydrogens (tertiary/aromatic N) is 1. The fourth-order valence-corrected chi connectivity index (χ4v) is 2.92. The maximum atomic E-state index is 12.1. The minimum atomic E-state index is -0.615. The zero-order chi connectivity index (χ0) is 20.6. The summed E-state index contributed by atoms with van der Waals surface area (Å²) < 4.78 is 17.5. The summed E-state index contributed by atoms with van der Waals surface area (Å²) >= 11 is 9.24. The van der Waals surface area contributed by atoms with Gasteiger partial charge in [0.05, 0.1) is 22.7 Å². The van der Waals surface area contributed by atoms with E-state index in [9.17, 15) is 4.79 Å². The first kappa shape index (κ1) is 22.5. The Morgan fingerprint density at radius 1 is 1.25 bits per heavy atom. The lowest BCUT2D eigenvalue weighted by atomic mass is 10.1. The number of carbonyl (C=O) groups excluding carboxylic acids is 1. The summed E-state index contributed by atoms with van der Waals surface area (Å²) in [6, 6.07) is 11.4. The van der Waals surface area contributed by atoms with Crippen LogP contribution in [0.1, 0.15) is 26.3 Å². The average molecular weight is 472 g/mol. The van der Waals surface area contributed by atoms with E-state index in [4.69, 9.17) is 25.8 Å². The van der Waals surface area contributed by atoms with Crippen molar-refractivity contribution in [3.63, 3.8) is 0 Å². The quantitative estimate of drug-likeness (QED) is 0.587. The summed E-state index contributed by atoms with van der Waals surface area (Å²) in [5.41, 5.74) is 0.622. The number of aromatic nitrogens is 1. The normalized spacial score (nSPS) is 12.3. The summed E-state index contributed by atoms with van der Waals surface area (Å²) in [5, 5.41) is 3.25. The summed E-state index contributed by atoms with van der Waals surface area (Å²) in [7, 11) is 0. The number of amides is 1. The molecule has 1 N–H and O–H groups in total. The monoisotopic (exact) mass is 470 g/mol. The number of alkyl carbamates (subject to hydrolysis) is 1. The van der Waals surface area contributed by atoms with Gasteiger partial charge in [0.1, 0.15) is 6.61 Å². The van der Waals surface area contributed by atoms with Crippen LogP contribution in [0.3, 0.4) is 0 Å². The third-order valence-corrected chi connectivity index (χ3v) is 4.12. The molecule has 152 valence electrons. The molecule has 2 aromatic rings. The van der Waals surface area contributed by atoms with Crippen LogP contribution in [0.4, 0.5) is 4.79 Å². The predicted octanol–water partition coefficient (Wildman–Crippen LogP) is 4.99. The lowest BCUT2D eigenvalue weighted by molar-refractivity contribution is -0.00957. The molecule has 0 saturated heterocycles. The summed E-state index contributed by atoms with van der Waals surface area (Å²) in [4.78, 5) is 16.3. The first-order valence-corrected chi connectivity index (χ1v) is 9.94. The number of nitrogens with one attached hydrogen (secondary N) is 1. The van der Waals surface area contributed by atoms with E-state index in [1.165, 1.54) is 6.20 Å². The Hall–Kier alpha value is -1.83. The molecule has 1 atom stereocenters. The predicted molar refractivity (Wildman–Crippen MR) is 112 cm³/mol.